The van der Waals surface area contributed by atoms with Gasteiger partial charge in [0.25, 0.3) is 0 Å². The lowest BCUT2D eigenvalue weighted by Gasteiger charge is -2.16. The van der Waals surface area contributed by atoms with Gasteiger partial charge < -0.3 is 5.73 Å². The van der Waals surface area contributed by atoms with Gasteiger partial charge in [0.2, 0.25) is 0 Å². The van der Waals surface area contributed by atoms with Crippen LogP contribution in [0, 0.1) is 12.8 Å². The van der Waals surface area contributed by atoms with Gasteiger partial charge in [0.1, 0.15) is 0 Å². The molecule has 92 valence electrons. The van der Waals surface area contributed by atoms with Crippen molar-refractivity contribution in [2.24, 2.45) is 11.7 Å². The van der Waals surface area contributed by atoms with Crippen LogP contribution in [0.25, 0.3) is 0 Å². The Hall–Kier alpha value is -1.60. The fraction of sp³-hybridized carbons (Fsp3) is 0.294. The molecule has 2 atom stereocenters. The minimum atomic E-state index is 0.197. The third kappa shape index (κ3) is 2.06. The second-order valence-electron chi connectivity index (χ2n) is 5.38. The van der Waals surface area contributed by atoms with Gasteiger partial charge in [-0.3, -0.25) is 0 Å². The monoisotopic (exact) mass is 237 g/mol. The van der Waals surface area contributed by atoms with E-state index < -0.39 is 0 Å². The zero-order chi connectivity index (χ0) is 12.5. The number of fused-ring (bicyclic) bond motifs is 1. The van der Waals surface area contributed by atoms with Crippen LogP contribution in [0.1, 0.15) is 28.3 Å². The predicted octanol–water partition coefficient (Wildman–Crippen LogP) is 3.41. The minimum absolute atomic E-state index is 0.197. The first-order chi connectivity index (χ1) is 8.74. The highest BCUT2D eigenvalue weighted by atomic mass is 14.7. The van der Waals surface area contributed by atoms with E-state index in [0.717, 1.165) is 12.8 Å². The van der Waals surface area contributed by atoms with E-state index in [1.807, 2.05) is 0 Å². The lowest BCUT2D eigenvalue weighted by Crippen LogP contribution is -2.18. The Morgan fingerprint density at radius 1 is 1.06 bits per heavy atom. The Bertz CT molecular complexity index is 542. The van der Waals surface area contributed by atoms with Crippen molar-refractivity contribution < 1.29 is 0 Å². The normalized spacial score (nSPS) is 21.9. The topological polar surface area (TPSA) is 26.0 Å². The Morgan fingerprint density at radius 2 is 1.78 bits per heavy atom. The number of hydrogen-bond acceptors (Lipinski definition) is 1. The summed E-state index contributed by atoms with van der Waals surface area (Å²) in [4.78, 5) is 0. The average Bonchev–Trinajstić information content (AvgIpc) is 2.70. The molecule has 18 heavy (non-hydrogen) atoms. The molecule has 1 heteroatoms. The maximum Gasteiger partial charge on any atom is 0.0332 e. The molecule has 0 aromatic heterocycles. The molecule has 1 aliphatic carbocycles. The Balaban J connectivity index is 1.78. The molecule has 3 rings (SSSR count). The summed E-state index contributed by atoms with van der Waals surface area (Å²) in [6.07, 6.45) is 2.20. The molecule has 0 heterocycles. The van der Waals surface area contributed by atoms with Crippen LogP contribution < -0.4 is 5.73 Å². The van der Waals surface area contributed by atoms with Crippen molar-refractivity contribution in [3.8, 4) is 0 Å². The van der Waals surface area contributed by atoms with Crippen molar-refractivity contribution in [3.63, 3.8) is 0 Å². The second-order valence-corrected chi connectivity index (χ2v) is 5.38. The van der Waals surface area contributed by atoms with Gasteiger partial charge in [-0.2, -0.15) is 0 Å². The number of nitrogens with two attached hydrogens (primary N) is 1. The van der Waals surface area contributed by atoms with Crippen LogP contribution in [0.4, 0.5) is 0 Å². The molecule has 2 unspecified atom stereocenters. The van der Waals surface area contributed by atoms with Crippen molar-refractivity contribution in [2.45, 2.75) is 25.8 Å². The van der Waals surface area contributed by atoms with E-state index in [1.165, 1.54) is 22.3 Å². The molecule has 0 spiro atoms. The van der Waals surface area contributed by atoms with E-state index in [2.05, 4.69) is 55.5 Å². The lowest BCUT2D eigenvalue weighted by atomic mass is 9.93. The van der Waals surface area contributed by atoms with Gasteiger partial charge in [-0.15, -0.1) is 0 Å². The Morgan fingerprint density at radius 3 is 2.50 bits per heavy atom. The van der Waals surface area contributed by atoms with Gasteiger partial charge in [-0.1, -0.05) is 54.1 Å². The molecule has 0 amide bonds. The first-order valence-corrected chi connectivity index (χ1v) is 6.63. The molecular weight excluding hydrogens is 218 g/mol. The van der Waals surface area contributed by atoms with Crippen molar-refractivity contribution in [3.05, 3.63) is 70.8 Å². The highest BCUT2D eigenvalue weighted by Gasteiger charge is 2.28. The quantitative estimate of drug-likeness (QED) is 0.851. The second kappa shape index (κ2) is 4.58. The van der Waals surface area contributed by atoms with E-state index in [0.29, 0.717) is 5.92 Å². The van der Waals surface area contributed by atoms with Gasteiger partial charge >= 0.3 is 0 Å². The van der Waals surface area contributed by atoms with E-state index in [9.17, 15) is 0 Å². The predicted molar refractivity (Wildman–Crippen MR) is 75.4 cm³/mol. The molecule has 2 aromatic rings. The summed E-state index contributed by atoms with van der Waals surface area (Å²) in [7, 11) is 0. The van der Waals surface area contributed by atoms with Crippen LogP contribution in [0.5, 0.6) is 0 Å². The van der Waals surface area contributed by atoms with E-state index in [4.69, 9.17) is 5.73 Å². The molecule has 2 N–H and O–H groups in total. The van der Waals surface area contributed by atoms with E-state index in [1.54, 1.807) is 0 Å². The van der Waals surface area contributed by atoms with E-state index in [-0.39, 0.29) is 6.04 Å². The van der Waals surface area contributed by atoms with Crippen LogP contribution in [-0.2, 0) is 12.8 Å². The zero-order valence-corrected chi connectivity index (χ0v) is 10.8. The van der Waals surface area contributed by atoms with Crippen LogP contribution in [0.2, 0.25) is 0 Å². The van der Waals surface area contributed by atoms with Crippen LogP contribution >= 0.6 is 0 Å². The van der Waals surface area contributed by atoms with Crippen LogP contribution in [0.3, 0.4) is 0 Å². The first kappa shape index (κ1) is 11.5. The van der Waals surface area contributed by atoms with Crippen LogP contribution in [0.15, 0.2) is 48.5 Å². The largest absolute Gasteiger partial charge is 0.324 e. The molecule has 1 nitrogen and oxygen atoms in total. The summed E-state index contributed by atoms with van der Waals surface area (Å²) >= 11 is 0. The van der Waals surface area contributed by atoms with E-state index >= 15 is 0 Å². The fourth-order valence-electron chi connectivity index (χ4n) is 2.93. The summed E-state index contributed by atoms with van der Waals surface area (Å²) in [6, 6.07) is 17.6. The highest BCUT2D eigenvalue weighted by Crippen LogP contribution is 2.36. The first-order valence-electron chi connectivity index (χ1n) is 6.63. The molecule has 0 bridgehead atoms. The number of aryl methyl sites for hydroxylation is 1. The summed E-state index contributed by atoms with van der Waals surface area (Å²) in [5, 5.41) is 0. The third-order valence-electron chi connectivity index (χ3n) is 4.02. The van der Waals surface area contributed by atoms with Gasteiger partial charge in [-0.05, 0) is 42.4 Å². The van der Waals surface area contributed by atoms with Crippen molar-refractivity contribution >= 4 is 0 Å². The summed E-state index contributed by atoms with van der Waals surface area (Å²) in [5.74, 6) is 0.546. The van der Waals surface area contributed by atoms with Crippen molar-refractivity contribution in [1.29, 1.82) is 0 Å². The summed E-state index contributed by atoms with van der Waals surface area (Å²) in [6.45, 7) is 2.13. The maximum atomic E-state index is 6.37. The number of rotatable bonds is 2. The van der Waals surface area contributed by atoms with Crippen molar-refractivity contribution in [1.82, 2.24) is 0 Å². The van der Waals surface area contributed by atoms with Gasteiger partial charge in [0.05, 0.1) is 0 Å². The van der Waals surface area contributed by atoms with Crippen LogP contribution in [-0.4, -0.2) is 0 Å². The average molecular weight is 237 g/mol. The zero-order valence-electron chi connectivity index (χ0n) is 10.8. The van der Waals surface area contributed by atoms with Gasteiger partial charge in [0.15, 0.2) is 0 Å². The Kier molecular flexibility index (Phi) is 2.92. The molecule has 1 aliphatic rings. The van der Waals surface area contributed by atoms with Gasteiger partial charge in [0, 0.05) is 6.04 Å². The molecule has 2 aromatic carbocycles. The molecular formula is C17H19N. The summed E-state index contributed by atoms with van der Waals surface area (Å²) < 4.78 is 0. The lowest BCUT2D eigenvalue weighted by molar-refractivity contribution is 0.465. The molecule has 0 aliphatic heterocycles. The molecule has 0 saturated carbocycles. The number of hydrogen-bond donors (Lipinski definition) is 1. The third-order valence-corrected chi connectivity index (χ3v) is 4.02. The smallest absolute Gasteiger partial charge is 0.0332 e. The minimum Gasteiger partial charge on any atom is -0.324 e. The standard InChI is InChI=1S/C17H19N/c1-12-6-8-13(9-7-12)10-15-11-14-4-2-3-5-16(14)17(15)18/h2-9,15,17H,10-11,18H2,1H3. The molecule has 0 saturated heterocycles. The molecule has 0 radical (unpaired) electrons. The fourth-order valence-corrected chi connectivity index (χ4v) is 2.93. The maximum absolute atomic E-state index is 6.37. The van der Waals surface area contributed by atoms with Gasteiger partial charge in [-0.25, -0.2) is 0 Å². The SMILES string of the molecule is Cc1ccc(CC2Cc3ccccc3C2N)cc1. The number of benzene rings is 2. The molecule has 0 fully saturated rings. The highest BCUT2D eigenvalue weighted by molar-refractivity contribution is 5.36. The van der Waals surface area contributed by atoms with Crippen molar-refractivity contribution in [2.75, 3.05) is 0 Å². The summed E-state index contributed by atoms with van der Waals surface area (Å²) in [5.41, 5.74) is 11.9. The Labute approximate surface area is 109 Å².